The van der Waals surface area contributed by atoms with E-state index in [1.165, 1.54) is 6.20 Å². The third-order valence-corrected chi connectivity index (χ3v) is 7.15. The van der Waals surface area contributed by atoms with Crippen LogP contribution in [-0.4, -0.2) is 57.0 Å². The summed E-state index contributed by atoms with van der Waals surface area (Å²) in [5.41, 5.74) is 0.0683. The van der Waals surface area contributed by atoms with Gasteiger partial charge in [-0.25, -0.2) is 9.78 Å². The van der Waals surface area contributed by atoms with Crippen LogP contribution >= 0.6 is 7.14 Å². The predicted molar refractivity (Wildman–Crippen MR) is 99.7 cm³/mol. The van der Waals surface area contributed by atoms with E-state index in [4.69, 9.17) is 4.74 Å². The lowest BCUT2D eigenvalue weighted by Gasteiger charge is -2.33. The molecule has 1 amide bonds. The Kier molecular flexibility index (Phi) is 4.65. The van der Waals surface area contributed by atoms with Crippen molar-refractivity contribution in [2.75, 3.05) is 25.4 Å². The Labute approximate surface area is 151 Å². The van der Waals surface area contributed by atoms with Gasteiger partial charge in [0, 0.05) is 25.4 Å². The van der Waals surface area contributed by atoms with Gasteiger partial charge in [-0.2, -0.15) is 0 Å². The van der Waals surface area contributed by atoms with Gasteiger partial charge in [-0.05, 0) is 33.8 Å². The Morgan fingerprint density at radius 2 is 1.96 bits per heavy atom. The van der Waals surface area contributed by atoms with Crippen LogP contribution in [0.4, 0.5) is 4.79 Å². The molecule has 0 spiro atoms. The first-order valence-corrected chi connectivity index (χ1v) is 10.6. The number of pyridine rings is 1. The number of aromatic nitrogens is 3. The lowest BCUT2D eigenvalue weighted by molar-refractivity contribution is 0.0267. The first-order chi connectivity index (χ1) is 12.1. The second kappa shape index (κ2) is 6.50. The normalized spacial score (nSPS) is 17.3. The van der Waals surface area contributed by atoms with Gasteiger partial charge in [-0.3, -0.25) is 9.78 Å². The second-order valence-electron chi connectivity index (χ2n) is 7.51. The summed E-state index contributed by atoms with van der Waals surface area (Å²) in [7, 11) is -2.77. The van der Waals surface area contributed by atoms with Gasteiger partial charge in [0.15, 0.2) is 0 Å². The van der Waals surface area contributed by atoms with Gasteiger partial charge in [-0.1, -0.05) is 0 Å². The van der Waals surface area contributed by atoms with E-state index >= 15 is 0 Å². The Morgan fingerprint density at radius 1 is 1.31 bits per heavy atom. The fraction of sp³-hybridized carbons (Fsp3) is 0.529. The molecular weight excluding hydrogens is 355 g/mol. The molecule has 3 heterocycles. The van der Waals surface area contributed by atoms with Gasteiger partial charge in [-0.15, -0.1) is 0 Å². The molecule has 0 bridgehead atoms. The van der Waals surface area contributed by atoms with E-state index in [9.17, 15) is 14.2 Å². The van der Waals surface area contributed by atoms with Crippen molar-refractivity contribution in [2.45, 2.75) is 33.3 Å². The number of aromatic amines is 1. The number of fused-ring (bicyclic) bond motifs is 1. The van der Waals surface area contributed by atoms with Gasteiger partial charge in [0.05, 0.1) is 17.1 Å². The number of carbonyl (C=O) groups excluding carboxylic acids is 1. The Morgan fingerprint density at radius 3 is 2.58 bits per heavy atom. The number of hydrogen-bond donors (Lipinski definition) is 1. The molecular formula is C17H23N4O4P. The molecule has 0 saturated carbocycles. The van der Waals surface area contributed by atoms with E-state index in [1.54, 1.807) is 17.9 Å². The van der Waals surface area contributed by atoms with E-state index in [2.05, 4.69) is 15.0 Å². The molecule has 0 aromatic carbocycles. The smallest absolute Gasteiger partial charge is 0.410 e. The van der Waals surface area contributed by atoms with Crippen LogP contribution in [0.3, 0.4) is 0 Å². The zero-order valence-electron chi connectivity index (χ0n) is 15.4. The molecule has 0 radical (unpaired) electrons. The second-order valence-corrected chi connectivity index (χ2v) is 10.6. The highest BCUT2D eigenvalue weighted by Gasteiger charge is 2.35. The highest BCUT2D eigenvalue weighted by Crippen LogP contribution is 2.45. The Bertz CT molecular complexity index is 951. The number of nitrogens with zero attached hydrogens (tertiary/aromatic N) is 3. The predicted octanol–water partition coefficient (Wildman–Crippen LogP) is 1.87. The van der Waals surface area contributed by atoms with E-state index < -0.39 is 18.8 Å². The highest BCUT2D eigenvalue weighted by molar-refractivity contribution is 7.71. The van der Waals surface area contributed by atoms with Crippen molar-refractivity contribution in [1.82, 2.24) is 19.9 Å². The summed E-state index contributed by atoms with van der Waals surface area (Å²) in [5, 5.41) is 0.380. The van der Waals surface area contributed by atoms with Gasteiger partial charge in [0.1, 0.15) is 24.0 Å². The average molecular weight is 378 g/mol. The fourth-order valence-electron chi connectivity index (χ4n) is 2.90. The van der Waals surface area contributed by atoms with Crippen LogP contribution in [0.2, 0.25) is 0 Å². The number of rotatable bonds is 1. The molecule has 140 valence electrons. The maximum atomic E-state index is 13.3. The van der Waals surface area contributed by atoms with Crippen molar-refractivity contribution >= 4 is 29.6 Å². The van der Waals surface area contributed by atoms with Gasteiger partial charge >= 0.3 is 6.09 Å². The van der Waals surface area contributed by atoms with Gasteiger partial charge < -0.3 is 19.2 Å². The van der Waals surface area contributed by atoms with E-state index in [0.717, 1.165) is 0 Å². The average Bonchev–Trinajstić information content (AvgIpc) is 2.53. The molecule has 1 fully saturated rings. The van der Waals surface area contributed by atoms with Crippen molar-refractivity contribution in [1.29, 1.82) is 0 Å². The van der Waals surface area contributed by atoms with Gasteiger partial charge in [0.2, 0.25) is 0 Å². The number of nitrogens with one attached hydrogen (secondary N) is 1. The zero-order valence-corrected chi connectivity index (χ0v) is 16.3. The molecule has 1 N–H and O–H groups in total. The number of hydrogen-bond acceptors (Lipinski definition) is 6. The lowest BCUT2D eigenvalue weighted by Crippen LogP contribution is -2.44. The maximum Gasteiger partial charge on any atom is 0.410 e. The van der Waals surface area contributed by atoms with Crippen LogP contribution in [-0.2, 0) is 9.30 Å². The topological polar surface area (TPSA) is 105 Å². The molecule has 0 atom stereocenters. The first kappa shape index (κ1) is 18.6. The summed E-state index contributed by atoms with van der Waals surface area (Å²) in [5.74, 6) is 0.509. The number of amides is 1. The molecule has 0 aliphatic carbocycles. The van der Waals surface area contributed by atoms with Crippen LogP contribution in [0.25, 0.3) is 10.9 Å². The molecule has 9 heteroatoms. The standard InChI is InChI=1S/C17H23N4O4P/c1-11-19-13-10-18-14(9-12(13)15(22)20-11)26(24)7-5-21(6-8-26)16(23)25-17(2,3)4/h9-10H,5-8H2,1-4H3,(H,19,20,22). The van der Waals surface area contributed by atoms with Crippen LogP contribution in [0.15, 0.2) is 17.1 Å². The molecule has 0 unspecified atom stereocenters. The minimum Gasteiger partial charge on any atom is -0.444 e. The van der Waals surface area contributed by atoms with Crippen LogP contribution < -0.4 is 11.0 Å². The Balaban J connectivity index is 1.81. The van der Waals surface area contributed by atoms with E-state index in [1.807, 2.05) is 20.8 Å². The number of H-pyrrole nitrogens is 1. The summed E-state index contributed by atoms with van der Waals surface area (Å²) in [6.07, 6.45) is 1.74. The molecule has 2 aromatic rings. The van der Waals surface area contributed by atoms with Crippen molar-refractivity contribution in [3.05, 3.63) is 28.4 Å². The fourth-order valence-corrected chi connectivity index (χ4v) is 5.34. The van der Waals surface area contributed by atoms with E-state index in [-0.39, 0.29) is 5.56 Å². The Hall–Kier alpha value is -2.21. The summed E-state index contributed by atoms with van der Waals surface area (Å²) in [6.45, 7) is 7.82. The molecule has 26 heavy (non-hydrogen) atoms. The zero-order chi connectivity index (χ0) is 19.1. The molecule has 8 nitrogen and oxygen atoms in total. The number of carbonyl (C=O) groups is 1. The summed E-state index contributed by atoms with van der Waals surface area (Å²) in [6, 6.07) is 1.57. The summed E-state index contributed by atoms with van der Waals surface area (Å²) in [4.78, 5) is 37.0. The van der Waals surface area contributed by atoms with Crippen LogP contribution in [0.1, 0.15) is 26.6 Å². The minimum absolute atomic E-state index is 0.268. The molecule has 1 aliphatic rings. The summed E-state index contributed by atoms with van der Waals surface area (Å²) < 4.78 is 18.7. The van der Waals surface area contributed by atoms with Crippen molar-refractivity contribution < 1.29 is 14.1 Å². The third-order valence-electron chi connectivity index (χ3n) is 4.23. The lowest BCUT2D eigenvalue weighted by atomic mass is 10.2. The van der Waals surface area contributed by atoms with Crippen molar-refractivity contribution in [2.24, 2.45) is 0 Å². The first-order valence-electron chi connectivity index (χ1n) is 8.51. The molecule has 1 aliphatic heterocycles. The van der Waals surface area contributed by atoms with Crippen molar-refractivity contribution in [3.63, 3.8) is 0 Å². The quantitative estimate of drug-likeness (QED) is 0.760. The monoisotopic (exact) mass is 378 g/mol. The number of ether oxygens (including phenoxy) is 1. The third kappa shape index (κ3) is 3.80. The highest BCUT2D eigenvalue weighted by atomic mass is 31.2. The number of aryl methyl sites for hydroxylation is 1. The maximum absolute atomic E-state index is 13.3. The molecule has 2 aromatic heterocycles. The largest absolute Gasteiger partial charge is 0.444 e. The van der Waals surface area contributed by atoms with Crippen LogP contribution in [0, 0.1) is 6.92 Å². The van der Waals surface area contributed by atoms with Gasteiger partial charge in [0.25, 0.3) is 5.56 Å². The molecule has 1 saturated heterocycles. The minimum atomic E-state index is -2.77. The summed E-state index contributed by atoms with van der Waals surface area (Å²) >= 11 is 0. The molecule has 3 rings (SSSR count). The SMILES string of the molecule is Cc1nc2cnc(P3(=O)CCN(C(=O)OC(C)(C)C)CC3)cc2c(=O)[nH]1. The van der Waals surface area contributed by atoms with Crippen molar-refractivity contribution in [3.8, 4) is 0 Å². The van der Waals surface area contributed by atoms with E-state index in [0.29, 0.717) is 47.6 Å². The van der Waals surface area contributed by atoms with Crippen LogP contribution in [0.5, 0.6) is 0 Å².